The van der Waals surface area contributed by atoms with Gasteiger partial charge in [0.05, 0.1) is 5.56 Å². The zero-order chi connectivity index (χ0) is 15.0. The highest BCUT2D eigenvalue weighted by Gasteiger charge is 2.13. The molecule has 2 nitrogen and oxygen atoms in total. The van der Waals surface area contributed by atoms with Gasteiger partial charge in [-0.1, -0.05) is 36.4 Å². The number of carboxylic acids is 1. The lowest BCUT2D eigenvalue weighted by Gasteiger charge is -2.09. The van der Waals surface area contributed by atoms with Crippen LogP contribution in [0.15, 0.2) is 54.6 Å². The Morgan fingerprint density at radius 2 is 1.57 bits per heavy atom. The Balaban J connectivity index is 2.24. The summed E-state index contributed by atoms with van der Waals surface area (Å²) in [6.45, 7) is 0. The van der Waals surface area contributed by atoms with Gasteiger partial charge in [-0.15, -0.1) is 0 Å². The minimum absolute atomic E-state index is 0.350. The lowest BCUT2D eigenvalue weighted by Crippen LogP contribution is -2.00. The van der Waals surface area contributed by atoms with Crippen molar-refractivity contribution in [1.82, 2.24) is 0 Å². The Morgan fingerprint density at radius 3 is 2.24 bits per heavy atom. The Labute approximate surface area is 119 Å². The van der Waals surface area contributed by atoms with Crippen LogP contribution in [-0.4, -0.2) is 11.1 Å². The molecule has 0 spiro atoms. The van der Waals surface area contributed by atoms with Gasteiger partial charge in [0.1, 0.15) is 11.6 Å². The van der Waals surface area contributed by atoms with E-state index in [4.69, 9.17) is 5.11 Å². The zero-order valence-corrected chi connectivity index (χ0v) is 10.8. The molecular weight excluding hydrogens is 274 g/mol. The summed E-state index contributed by atoms with van der Waals surface area (Å²) in [5, 5.41) is 9.94. The summed E-state index contributed by atoms with van der Waals surface area (Å²) in [4.78, 5) is 10.8. The van der Waals surface area contributed by atoms with Crippen molar-refractivity contribution in [2.45, 2.75) is 0 Å². The second-order valence-corrected chi connectivity index (χ2v) is 4.64. The first-order valence-electron chi connectivity index (χ1n) is 6.28. The van der Waals surface area contributed by atoms with Crippen LogP contribution in [0.3, 0.4) is 0 Å². The molecule has 104 valence electrons. The molecule has 3 rings (SSSR count). The van der Waals surface area contributed by atoms with Crippen LogP contribution in [-0.2, 0) is 0 Å². The van der Waals surface area contributed by atoms with E-state index < -0.39 is 11.8 Å². The SMILES string of the molecule is O=C(O)c1ccc(-c2ccc(F)c3ccccc23)cc1F. The van der Waals surface area contributed by atoms with E-state index in [1.54, 1.807) is 30.3 Å². The number of carboxylic acid groups (broad SMARTS) is 1. The predicted octanol–water partition coefficient (Wildman–Crippen LogP) is 4.48. The smallest absolute Gasteiger partial charge is 0.338 e. The second kappa shape index (κ2) is 4.98. The summed E-state index contributed by atoms with van der Waals surface area (Å²) in [5.74, 6) is -2.48. The number of rotatable bonds is 2. The van der Waals surface area contributed by atoms with Crippen molar-refractivity contribution in [3.63, 3.8) is 0 Å². The molecule has 3 aromatic carbocycles. The van der Waals surface area contributed by atoms with Gasteiger partial charge in [-0.25, -0.2) is 13.6 Å². The molecule has 0 amide bonds. The molecule has 0 aliphatic heterocycles. The summed E-state index contributed by atoms with van der Waals surface area (Å²) >= 11 is 0. The maximum Gasteiger partial charge on any atom is 0.338 e. The highest BCUT2D eigenvalue weighted by Crippen LogP contribution is 2.31. The number of aromatic carboxylic acids is 1. The van der Waals surface area contributed by atoms with Crippen molar-refractivity contribution < 1.29 is 18.7 Å². The second-order valence-electron chi connectivity index (χ2n) is 4.64. The molecule has 0 unspecified atom stereocenters. The van der Waals surface area contributed by atoms with Crippen LogP contribution in [0.4, 0.5) is 8.78 Å². The van der Waals surface area contributed by atoms with Gasteiger partial charge in [0.25, 0.3) is 0 Å². The van der Waals surface area contributed by atoms with Crippen LogP contribution in [0.1, 0.15) is 10.4 Å². The third kappa shape index (κ3) is 2.25. The summed E-state index contributed by atoms with van der Waals surface area (Å²) in [6.07, 6.45) is 0. The number of fused-ring (bicyclic) bond motifs is 1. The van der Waals surface area contributed by atoms with E-state index in [1.165, 1.54) is 18.2 Å². The zero-order valence-electron chi connectivity index (χ0n) is 10.8. The average molecular weight is 284 g/mol. The molecule has 0 aliphatic carbocycles. The fraction of sp³-hybridized carbons (Fsp3) is 0. The highest BCUT2D eigenvalue weighted by atomic mass is 19.1. The van der Waals surface area contributed by atoms with Gasteiger partial charge in [-0.05, 0) is 34.7 Å². The number of benzene rings is 3. The molecule has 0 radical (unpaired) electrons. The molecule has 0 saturated heterocycles. The molecule has 1 N–H and O–H groups in total. The fourth-order valence-electron chi connectivity index (χ4n) is 2.37. The van der Waals surface area contributed by atoms with E-state index in [9.17, 15) is 13.6 Å². The normalized spacial score (nSPS) is 10.8. The third-order valence-electron chi connectivity index (χ3n) is 3.38. The van der Waals surface area contributed by atoms with E-state index in [2.05, 4.69) is 0 Å². The molecule has 21 heavy (non-hydrogen) atoms. The Hall–Kier alpha value is -2.75. The monoisotopic (exact) mass is 284 g/mol. The minimum atomic E-state index is -1.32. The third-order valence-corrected chi connectivity index (χ3v) is 3.38. The number of hydrogen-bond donors (Lipinski definition) is 1. The van der Waals surface area contributed by atoms with Gasteiger partial charge >= 0.3 is 5.97 Å². The van der Waals surface area contributed by atoms with Gasteiger partial charge in [-0.3, -0.25) is 0 Å². The predicted molar refractivity (Wildman–Crippen MR) is 76.3 cm³/mol. The van der Waals surface area contributed by atoms with Crippen molar-refractivity contribution >= 4 is 16.7 Å². The van der Waals surface area contributed by atoms with Crippen LogP contribution in [0.25, 0.3) is 21.9 Å². The first kappa shape index (κ1) is 13.2. The van der Waals surface area contributed by atoms with Gasteiger partial charge in [0, 0.05) is 5.39 Å². The first-order valence-corrected chi connectivity index (χ1v) is 6.28. The molecule has 0 aliphatic rings. The van der Waals surface area contributed by atoms with Crippen LogP contribution >= 0.6 is 0 Å². The summed E-state index contributed by atoms with van der Waals surface area (Å²) in [5.41, 5.74) is 0.779. The number of carbonyl (C=O) groups is 1. The summed E-state index contributed by atoms with van der Waals surface area (Å²) in [7, 11) is 0. The lowest BCUT2D eigenvalue weighted by molar-refractivity contribution is 0.0692. The molecule has 0 aromatic heterocycles. The van der Waals surface area contributed by atoms with Crippen molar-refractivity contribution in [3.8, 4) is 11.1 Å². The molecule has 3 aromatic rings. The summed E-state index contributed by atoms with van der Waals surface area (Å²) in [6, 6.07) is 13.7. The standard InChI is InChI=1S/C17H10F2O2/c18-15-8-7-11(12-3-1-2-4-13(12)15)10-5-6-14(17(20)21)16(19)9-10/h1-9H,(H,20,21). The average Bonchev–Trinajstić information content (AvgIpc) is 2.47. The van der Waals surface area contributed by atoms with Crippen molar-refractivity contribution in [2.75, 3.05) is 0 Å². The van der Waals surface area contributed by atoms with Crippen LogP contribution < -0.4 is 0 Å². The maximum absolute atomic E-state index is 13.8. The van der Waals surface area contributed by atoms with E-state index in [0.717, 1.165) is 6.07 Å². The van der Waals surface area contributed by atoms with Crippen molar-refractivity contribution in [2.24, 2.45) is 0 Å². The molecule has 0 atom stereocenters. The first-order chi connectivity index (χ1) is 10.1. The molecule has 0 bridgehead atoms. The quantitative estimate of drug-likeness (QED) is 0.753. The van der Waals surface area contributed by atoms with Crippen LogP contribution in [0.5, 0.6) is 0 Å². The largest absolute Gasteiger partial charge is 0.478 e. The number of halogens is 2. The fourth-order valence-corrected chi connectivity index (χ4v) is 2.37. The molecule has 0 saturated carbocycles. The van der Waals surface area contributed by atoms with Crippen molar-refractivity contribution in [1.29, 1.82) is 0 Å². The molecule has 0 heterocycles. The molecular formula is C17H10F2O2. The van der Waals surface area contributed by atoms with Gasteiger partial charge in [0.2, 0.25) is 0 Å². The van der Waals surface area contributed by atoms with Crippen LogP contribution in [0, 0.1) is 11.6 Å². The van der Waals surface area contributed by atoms with E-state index in [1.807, 2.05) is 0 Å². The Morgan fingerprint density at radius 1 is 0.857 bits per heavy atom. The Bertz CT molecular complexity index is 857. The van der Waals surface area contributed by atoms with E-state index in [0.29, 0.717) is 21.9 Å². The summed E-state index contributed by atoms with van der Waals surface area (Å²) < 4.78 is 27.6. The minimum Gasteiger partial charge on any atom is -0.478 e. The van der Waals surface area contributed by atoms with Gasteiger partial charge < -0.3 is 5.11 Å². The maximum atomic E-state index is 13.8. The Kier molecular flexibility index (Phi) is 3.14. The van der Waals surface area contributed by atoms with E-state index >= 15 is 0 Å². The highest BCUT2D eigenvalue weighted by molar-refractivity contribution is 5.97. The number of hydrogen-bond acceptors (Lipinski definition) is 1. The molecule has 4 heteroatoms. The molecule has 0 fully saturated rings. The van der Waals surface area contributed by atoms with Crippen LogP contribution in [0.2, 0.25) is 0 Å². The topological polar surface area (TPSA) is 37.3 Å². The van der Waals surface area contributed by atoms with E-state index in [-0.39, 0.29) is 11.4 Å². The van der Waals surface area contributed by atoms with Gasteiger partial charge in [-0.2, -0.15) is 0 Å². The lowest BCUT2D eigenvalue weighted by atomic mass is 9.97. The van der Waals surface area contributed by atoms with Gasteiger partial charge in [0.15, 0.2) is 0 Å². The van der Waals surface area contributed by atoms with Crippen molar-refractivity contribution in [3.05, 3.63) is 71.8 Å².